The molecule has 3 heteroatoms. The van der Waals surface area contributed by atoms with Gasteiger partial charge in [0.05, 0.1) is 16.6 Å². The zero-order chi connectivity index (χ0) is 31.7. The molecule has 2 aliphatic rings. The zero-order valence-corrected chi connectivity index (χ0v) is 26.0. The maximum atomic E-state index is 6.49. The second-order valence-electron chi connectivity index (χ2n) is 12.5. The van der Waals surface area contributed by atoms with Crippen molar-refractivity contribution in [3.05, 3.63) is 192 Å². The molecule has 0 unspecified atom stereocenters. The first kappa shape index (κ1) is 26.9. The number of ether oxygens (including phenoxy) is 1. The molecular weight excluding hydrogens is 585 g/mol. The average molecular weight is 613 g/mol. The van der Waals surface area contributed by atoms with Crippen LogP contribution in [0.15, 0.2) is 170 Å². The molecule has 10 rings (SSSR count). The van der Waals surface area contributed by atoms with Gasteiger partial charge in [-0.3, -0.25) is 0 Å². The number of aromatic nitrogens is 2. The molecule has 7 aromatic carbocycles. The predicted octanol–water partition coefficient (Wildman–Crippen LogP) is 11.1. The van der Waals surface area contributed by atoms with Gasteiger partial charge >= 0.3 is 0 Å². The molecule has 1 spiro atoms. The fourth-order valence-corrected chi connectivity index (χ4v) is 7.87. The van der Waals surface area contributed by atoms with Gasteiger partial charge in [0.1, 0.15) is 11.5 Å². The van der Waals surface area contributed by atoms with Gasteiger partial charge in [-0.2, -0.15) is 0 Å². The van der Waals surface area contributed by atoms with Crippen LogP contribution in [-0.4, -0.2) is 9.97 Å². The van der Waals surface area contributed by atoms with Gasteiger partial charge < -0.3 is 4.74 Å². The number of benzene rings is 7. The summed E-state index contributed by atoms with van der Waals surface area (Å²) in [5, 5.41) is 1.04. The Labute approximate surface area is 278 Å². The van der Waals surface area contributed by atoms with Gasteiger partial charge in [0.15, 0.2) is 5.82 Å². The van der Waals surface area contributed by atoms with Crippen molar-refractivity contribution in [2.75, 3.05) is 0 Å². The van der Waals surface area contributed by atoms with Crippen molar-refractivity contribution < 1.29 is 4.74 Å². The summed E-state index contributed by atoms with van der Waals surface area (Å²) >= 11 is 0. The van der Waals surface area contributed by atoms with Crippen LogP contribution in [0.3, 0.4) is 0 Å². The summed E-state index contributed by atoms with van der Waals surface area (Å²) in [6.45, 7) is 0. The SMILES string of the molecule is c1ccc(-c2nc(-c3ccc(-c4ccc5c(c4)-c4ccccc4C54c5ccccc5Oc5ccccc54)cc3)c3ccccc3n2)cc1. The number of hydrogen-bond donors (Lipinski definition) is 0. The predicted molar refractivity (Wildman–Crippen MR) is 193 cm³/mol. The van der Waals surface area contributed by atoms with Gasteiger partial charge in [-0.15, -0.1) is 0 Å². The minimum Gasteiger partial charge on any atom is -0.457 e. The van der Waals surface area contributed by atoms with E-state index in [1.165, 1.54) is 38.9 Å². The van der Waals surface area contributed by atoms with Gasteiger partial charge in [0.2, 0.25) is 0 Å². The van der Waals surface area contributed by atoms with E-state index in [1.807, 2.05) is 24.3 Å². The Morgan fingerprint density at radius 3 is 1.75 bits per heavy atom. The van der Waals surface area contributed by atoms with Gasteiger partial charge in [0.25, 0.3) is 0 Å². The normalized spacial score (nSPS) is 13.3. The fourth-order valence-electron chi connectivity index (χ4n) is 7.87. The van der Waals surface area contributed by atoms with Crippen LogP contribution in [0, 0.1) is 0 Å². The summed E-state index contributed by atoms with van der Waals surface area (Å²) in [5.74, 6) is 2.55. The van der Waals surface area contributed by atoms with Crippen molar-refractivity contribution in [3.63, 3.8) is 0 Å². The summed E-state index contributed by atoms with van der Waals surface area (Å²) in [5.41, 5.74) is 13.3. The van der Waals surface area contributed by atoms with Gasteiger partial charge in [0, 0.05) is 27.6 Å². The highest BCUT2D eigenvalue weighted by Gasteiger charge is 2.50. The third-order valence-electron chi connectivity index (χ3n) is 9.97. The number of para-hydroxylation sites is 3. The largest absolute Gasteiger partial charge is 0.457 e. The minimum absolute atomic E-state index is 0.454. The van der Waals surface area contributed by atoms with Crippen molar-refractivity contribution >= 4 is 10.9 Å². The van der Waals surface area contributed by atoms with Crippen LogP contribution in [0.4, 0.5) is 0 Å². The standard InChI is InChI=1S/C45H28N2O/c1-2-12-31(13-3-1)44-46-40-19-9-5-15-34(40)43(47-44)30-24-22-29(23-25-30)32-26-27-37-35(28-32)33-14-4-6-16-36(33)45(37)38-17-7-10-20-41(38)48-42-21-11-8-18-39(42)45/h1-28H. The highest BCUT2D eigenvalue weighted by atomic mass is 16.5. The van der Waals surface area contributed by atoms with Gasteiger partial charge in [-0.1, -0.05) is 146 Å². The van der Waals surface area contributed by atoms with Crippen molar-refractivity contribution in [1.29, 1.82) is 0 Å². The molecule has 1 aliphatic carbocycles. The summed E-state index contributed by atoms with van der Waals surface area (Å²) in [6.07, 6.45) is 0. The van der Waals surface area contributed by atoms with Crippen LogP contribution in [0.5, 0.6) is 11.5 Å². The summed E-state index contributed by atoms with van der Waals surface area (Å²) < 4.78 is 6.49. The van der Waals surface area contributed by atoms with E-state index in [4.69, 9.17) is 14.7 Å². The second-order valence-corrected chi connectivity index (χ2v) is 12.5. The second kappa shape index (κ2) is 10.3. The number of fused-ring (bicyclic) bond motifs is 10. The Hall–Kier alpha value is -6.32. The Kier molecular flexibility index (Phi) is 5.79. The minimum atomic E-state index is -0.454. The lowest BCUT2D eigenvalue weighted by atomic mass is 9.66. The highest BCUT2D eigenvalue weighted by molar-refractivity contribution is 5.94. The summed E-state index contributed by atoms with van der Waals surface area (Å²) in [7, 11) is 0. The molecule has 0 atom stereocenters. The molecular formula is C45H28N2O. The third kappa shape index (κ3) is 3.82. The smallest absolute Gasteiger partial charge is 0.160 e. The van der Waals surface area contributed by atoms with E-state index in [2.05, 4.69) is 146 Å². The van der Waals surface area contributed by atoms with E-state index < -0.39 is 5.41 Å². The van der Waals surface area contributed by atoms with E-state index >= 15 is 0 Å². The maximum Gasteiger partial charge on any atom is 0.160 e. The lowest BCUT2D eigenvalue weighted by Gasteiger charge is -2.39. The molecule has 0 bridgehead atoms. The molecule has 48 heavy (non-hydrogen) atoms. The molecule has 0 saturated carbocycles. The first-order valence-corrected chi connectivity index (χ1v) is 16.3. The van der Waals surface area contributed by atoms with Crippen LogP contribution < -0.4 is 4.74 Å². The van der Waals surface area contributed by atoms with Gasteiger partial charge in [-0.25, -0.2) is 9.97 Å². The lowest BCUT2D eigenvalue weighted by molar-refractivity contribution is 0.436. The molecule has 0 radical (unpaired) electrons. The molecule has 0 fully saturated rings. The third-order valence-corrected chi connectivity index (χ3v) is 9.97. The summed E-state index contributed by atoms with van der Waals surface area (Å²) in [4.78, 5) is 9.97. The monoisotopic (exact) mass is 612 g/mol. The van der Waals surface area contributed by atoms with Crippen molar-refractivity contribution in [3.8, 4) is 56.4 Å². The van der Waals surface area contributed by atoms with Crippen molar-refractivity contribution in [1.82, 2.24) is 9.97 Å². The first-order valence-electron chi connectivity index (χ1n) is 16.3. The quantitative estimate of drug-likeness (QED) is 0.199. The van der Waals surface area contributed by atoms with E-state index in [9.17, 15) is 0 Å². The van der Waals surface area contributed by atoms with Crippen molar-refractivity contribution in [2.45, 2.75) is 5.41 Å². The Morgan fingerprint density at radius 1 is 0.396 bits per heavy atom. The molecule has 3 nitrogen and oxygen atoms in total. The van der Waals surface area contributed by atoms with Crippen LogP contribution in [-0.2, 0) is 5.41 Å². The molecule has 0 amide bonds. The molecule has 8 aromatic rings. The Bertz CT molecular complexity index is 2490. The maximum absolute atomic E-state index is 6.49. The Balaban J connectivity index is 1.11. The van der Waals surface area contributed by atoms with E-state index in [0.29, 0.717) is 0 Å². The molecule has 0 N–H and O–H groups in total. The Morgan fingerprint density at radius 2 is 0.979 bits per heavy atom. The van der Waals surface area contributed by atoms with E-state index in [-0.39, 0.29) is 0 Å². The van der Waals surface area contributed by atoms with Crippen LogP contribution in [0.25, 0.3) is 55.8 Å². The van der Waals surface area contributed by atoms with Crippen LogP contribution in [0.2, 0.25) is 0 Å². The van der Waals surface area contributed by atoms with Gasteiger partial charge in [-0.05, 0) is 57.6 Å². The van der Waals surface area contributed by atoms with Crippen LogP contribution in [0.1, 0.15) is 22.3 Å². The zero-order valence-electron chi connectivity index (χ0n) is 26.0. The highest BCUT2D eigenvalue weighted by Crippen LogP contribution is 2.62. The van der Waals surface area contributed by atoms with E-state index in [1.54, 1.807) is 0 Å². The number of nitrogens with zero attached hydrogens (tertiary/aromatic N) is 2. The molecule has 1 aliphatic heterocycles. The number of hydrogen-bond acceptors (Lipinski definition) is 3. The van der Waals surface area contributed by atoms with E-state index in [0.717, 1.165) is 50.6 Å². The molecule has 0 saturated heterocycles. The molecule has 1 aromatic heterocycles. The molecule has 224 valence electrons. The van der Waals surface area contributed by atoms with Crippen LogP contribution >= 0.6 is 0 Å². The molecule has 2 heterocycles. The fraction of sp³-hybridized carbons (Fsp3) is 0.0222. The average Bonchev–Trinajstić information content (AvgIpc) is 3.45. The van der Waals surface area contributed by atoms with Crippen molar-refractivity contribution in [2.24, 2.45) is 0 Å². The first-order chi connectivity index (χ1) is 23.8. The lowest BCUT2D eigenvalue weighted by Crippen LogP contribution is -2.32. The number of rotatable bonds is 3. The summed E-state index contributed by atoms with van der Waals surface area (Å²) in [6, 6.07) is 60.1. The topological polar surface area (TPSA) is 35.0 Å².